The molecule has 0 aromatic heterocycles. The molecule has 1 aliphatic rings. The van der Waals surface area contributed by atoms with Crippen molar-refractivity contribution in [2.24, 2.45) is 0 Å². The molecule has 1 aromatic rings. The van der Waals surface area contributed by atoms with E-state index in [2.05, 4.69) is 11.4 Å². The smallest absolute Gasteiger partial charge is 0.153 e. The highest BCUT2D eigenvalue weighted by Gasteiger charge is 2.23. The van der Waals surface area contributed by atoms with Crippen molar-refractivity contribution in [3.8, 4) is 5.75 Å². The lowest BCUT2D eigenvalue weighted by Gasteiger charge is -2.13. The second-order valence-electron chi connectivity index (χ2n) is 4.79. The molecule has 1 aliphatic carbocycles. The van der Waals surface area contributed by atoms with Crippen LogP contribution in [0.1, 0.15) is 30.5 Å². The normalized spacial score (nSPS) is 18.3. The van der Waals surface area contributed by atoms with Crippen LogP contribution in [0.15, 0.2) is 18.2 Å². The molecule has 0 aliphatic heterocycles. The van der Waals surface area contributed by atoms with Gasteiger partial charge in [-0.25, -0.2) is 8.42 Å². The topological polar surface area (TPSA) is 55.4 Å². The Hall–Kier alpha value is -1.07. The molecular formula is C14H21NO3S. The predicted octanol–water partition coefficient (Wildman–Crippen LogP) is 1.71. The van der Waals surface area contributed by atoms with Crippen molar-refractivity contribution in [1.29, 1.82) is 0 Å². The molecule has 0 spiro atoms. The van der Waals surface area contributed by atoms with Crippen molar-refractivity contribution in [2.45, 2.75) is 25.8 Å². The van der Waals surface area contributed by atoms with Gasteiger partial charge >= 0.3 is 0 Å². The van der Waals surface area contributed by atoms with Gasteiger partial charge in [-0.2, -0.15) is 0 Å². The lowest BCUT2D eigenvalue weighted by molar-refractivity contribution is 0.337. The first-order chi connectivity index (χ1) is 9.07. The van der Waals surface area contributed by atoms with E-state index in [-0.39, 0.29) is 18.1 Å². The van der Waals surface area contributed by atoms with Gasteiger partial charge in [-0.3, -0.25) is 0 Å². The SMILES string of the molecule is CCS(=O)(=O)CCOc1cccc2c1CCC2NC. The van der Waals surface area contributed by atoms with Gasteiger partial charge < -0.3 is 10.1 Å². The van der Waals surface area contributed by atoms with Crippen molar-refractivity contribution < 1.29 is 13.2 Å². The maximum absolute atomic E-state index is 11.4. The number of nitrogens with one attached hydrogen (secondary N) is 1. The van der Waals surface area contributed by atoms with Crippen LogP contribution in [0.4, 0.5) is 0 Å². The highest BCUT2D eigenvalue weighted by atomic mass is 32.2. The molecule has 0 radical (unpaired) electrons. The Balaban J connectivity index is 2.05. The number of rotatable bonds is 6. The molecule has 5 heteroatoms. The van der Waals surface area contributed by atoms with Crippen molar-refractivity contribution in [2.75, 3.05) is 25.2 Å². The van der Waals surface area contributed by atoms with E-state index >= 15 is 0 Å². The minimum absolute atomic E-state index is 0.0859. The molecule has 0 saturated heterocycles. The van der Waals surface area contributed by atoms with Crippen LogP contribution < -0.4 is 10.1 Å². The zero-order valence-corrected chi connectivity index (χ0v) is 12.3. The molecular weight excluding hydrogens is 262 g/mol. The molecule has 0 amide bonds. The number of ether oxygens (including phenoxy) is 1. The third-order valence-corrected chi connectivity index (χ3v) is 5.34. The summed E-state index contributed by atoms with van der Waals surface area (Å²) in [5.41, 5.74) is 2.49. The number of hydrogen-bond acceptors (Lipinski definition) is 4. The molecule has 1 atom stereocenters. The Bertz CT molecular complexity index is 540. The van der Waals surface area contributed by atoms with E-state index in [9.17, 15) is 8.42 Å². The lowest BCUT2D eigenvalue weighted by Crippen LogP contribution is -2.16. The van der Waals surface area contributed by atoms with Crippen LogP contribution in [0.2, 0.25) is 0 Å². The largest absolute Gasteiger partial charge is 0.492 e. The van der Waals surface area contributed by atoms with E-state index in [1.165, 1.54) is 11.1 Å². The maximum atomic E-state index is 11.4. The third-order valence-electron chi connectivity index (χ3n) is 3.67. The van der Waals surface area contributed by atoms with Crippen LogP contribution in [0.25, 0.3) is 0 Å². The van der Waals surface area contributed by atoms with E-state index in [0.29, 0.717) is 6.04 Å². The van der Waals surface area contributed by atoms with E-state index in [0.717, 1.165) is 18.6 Å². The van der Waals surface area contributed by atoms with Gasteiger partial charge in [0.05, 0.1) is 5.75 Å². The molecule has 0 fully saturated rings. The summed E-state index contributed by atoms with van der Waals surface area (Å²) in [4.78, 5) is 0. The Kier molecular flexibility index (Phi) is 4.47. The molecule has 0 bridgehead atoms. The molecule has 4 nitrogen and oxygen atoms in total. The molecule has 0 heterocycles. The van der Waals surface area contributed by atoms with Crippen molar-refractivity contribution in [1.82, 2.24) is 5.32 Å². The Labute approximate surface area is 115 Å². The highest BCUT2D eigenvalue weighted by Crippen LogP contribution is 2.36. The summed E-state index contributed by atoms with van der Waals surface area (Å²) in [5, 5.41) is 3.29. The summed E-state index contributed by atoms with van der Waals surface area (Å²) >= 11 is 0. The number of benzene rings is 1. The van der Waals surface area contributed by atoms with Crippen LogP contribution in [-0.2, 0) is 16.3 Å². The van der Waals surface area contributed by atoms with Crippen LogP contribution in [0.3, 0.4) is 0 Å². The van der Waals surface area contributed by atoms with E-state index in [1.807, 2.05) is 19.2 Å². The molecule has 0 saturated carbocycles. The van der Waals surface area contributed by atoms with Gasteiger partial charge in [0.25, 0.3) is 0 Å². The summed E-state index contributed by atoms with van der Waals surface area (Å²) in [7, 11) is -0.997. The van der Waals surface area contributed by atoms with Crippen molar-refractivity contribution in [3.63, 3.8) is 0 Å². The summed E-state index contributed by atoms with van der Waals surface area (Å²) < 4.78 is 28.5. The Morgan fingerprint density at radius 2 is 2.21 bits per heavy atom. The molecule has 106 valence electrons. The zero-order chi connectivity index (χ0) is 13.9. The van der Waals surface area contributed by atoms with Gasteiger partial charge in [-0.15, -0.1) is 0 Å². The van der Waals surface area contributed by atoms with E-state index in [1.54, 1.807) is 6.92 Å². The average molecular weight is 283 g/mol. The minimum Gasteiger partial charge on any atom is -0.492 e. The average Bonchev–Trinajstić information content (AvgIpc) is 2.82. The number of sulfone groups is 1. The monoisotopic (exact) mass is 283 g/mol. The van der Waals surface area contributed by atoms with Gasteiger partial charge in [-0.05, 0) is 37.1 Å². The summed E-state index contributed by atoms with van der Waals surface area (Å²) in [5.74, 6) is 1.09. The third kappa shape index (κ3) is 3.28. The summed E-state index contributed by atoms with van der Waals surface area (Å²) in [6, 6.07) is 6.39. The second kappa shape index (κ2) is 5.92. The molecule has 1 aromatic carbocycles. The fourth-order valence-corrected chi connectivity index (χ4v) is 3.10. The number of fused-ring (bicyclic) bond motifs is 1. The summed E-state index contributed by atoms with van der Waals surface area (Å²) in [6.07, 6.45) is 2.05. The van der Waals surface area contributed by atoms with Gasteiger partial charge in [0.15, 0.2) is 9.84 Å². The fourth-order valence-electron chi connectivity index (χ4n) is 2.48. The first kappa shape index (κ1) is 14.3. The van der Waals surface area contributed by atoms with Crippen LogP contribution in [0.5, 0.6) is 5.75 Å². The van der Waals surface area contributed by atoms with Crippen LogP contribution in [-0.4, -0.2) is 33.6 Å². The van der Waals surface area contributed by atoms with E-state index in [4.69, 9.17) is 4.74 Å². The number of hydrogen-bond donors (Lipinski definition) is 1. The molecule has 2 rings (SSSR count). The van der Waals surface area contributed by atoms with Crippen molar-refractivity contribution in [3.05, 3.63) is 29.3 Å². The molecule has 1 unspecified atom stereocenters. The Morgan fingerprint density at radius 1 is 1.42 bits per heavy atom. The molecule has 19 heavy (non-hydrogen) atoms. The van der Waals surface area contributed by atoms with Gasteiger partial charge in [0.2, 0.25) is 0 Å². The zero-order valence-electron chi connectivity index (χ0n) is 11.5. The quantitative estimate of drug-likeness (QED) is 0.863. The lowest BCUT2D eigenvalue weighted by atomic mass is 10.1. The highest BCUT2D eigenvalue weighted by molar-refractivity contribution is 7.91. The second-order valence-corrected chi connectivity index (χ2v) is 7.26. The fraction of sp³-hybridized carbons (Fsp3) is 0.571. The van der Waals surface area contributed by atoms with Gasteiger partial charge in [0.1, 0.15) is 12.4 Å². The van der Waals surface area contributed by atoms with Crippen LogP contribution in [0, 0.1) is 0 Å². The van der Waals surface area contributed by atoms with Crippen LogP contribution >= 0.6 is 0 Å². The van der Waals surface area contributed by atoms with Gasteiger partial charge in [-0.1, -0.05) is 19.1 Å². The van der Waals surface area contributed by atoms with Gasteiger partial charge in [0, 0.05) is 11.8 Å². The minimum atomic E-state index is -2.96. The maximum Gasteiger partial charge on any atom is 0.153 e. The first-order valence-corrected chi connectivity index (χ1v) is 8.52. The Morgan fingerprint density at radius 3 is 2.89 bits per heavy atom. The predicted molar refractivity (Wildman–Crippen MR) is 76.4 cm³/mol. The molecule has 1 N–H and O–H groups in total. The van der Waals surface area contributed by atoms with E-state index < -0.39 is 9.84 Å². The first-order valence-electron chi connectivity index (χ1n) is 6.69. The standard InChI is InChI=1S/C14H21NO3S/c1-3-19(16,17)10-9-18-14-6-4-5-11-12(14)7-8-13(11)15-2/h4-6,13,15H,3,7-10H2,1-2H3. The van der Waals surface area contributed by atoms with Crippen molar-refractivity contribution >= 4 is 9.84 Å². The summed E-state index contributed by atoms with van der Waals surface area (Å²) in [6.45, 7) is 1.89.